The number of nitrogens with zero attached hydrogens (tertiary/aromatic N) is 1. The molecule has 0 N–H and O–H groups in total. The molecule has 20 heavy (non-hydrogen) atoms. The highest BCUT2D eigenvalue weighted by Crippen LogP contribution is 2.49. The molecule has 0 atom stereocenters. The molecule has 1 aromatic rings. The normalized spacial score (nSPS) is 15.4. The lowest BCUT2D eigenvalue weighted by Crippen LogP contribution is -2.13. The van der Waals surface area contributed by atoms with Gasteiger partial charge in [-0.25, -0.2) is 0 Å². The third kappa shape index (κ3) is 3.80. The molecule has 0 amide bonds. The number of nitriles is 1. The Kier molecular flexibility index (Phi) is 5.14. The van der Waals surface area contributed by atoms with Crippen molar-refractivity contribution in [2.75, 3.05) is 13.2 Å². The molecule has 0 saturated heterocycles. The summed E-state index contributed by atoms with van der Waals surface area (Å²) in [7, 11) is 0. The summed E-state index contributed by atoms with van der Waals surface area (Å²) in [6.07, 6.45) is 3.68. The molecule has 0 unspecified atom stereocenters. The van der Waals surface area contributed by atoms with Crippen molar-refractivity contribution in [3.8, 4) is 17.6 Å². The number of hydrogen-bond acceptors (Lipinski definition) is 3. The van der Waals surface area contributed by atoms with E-state index in [0.717, 1.165) is 36.3 Å². The smallest absolute Gasteiger partial charge is 0.127 e. The fourth-order valence-electron chi connectivity index (χ4n) is 2.04. The van der Waals surface area contributed by atoms with Gasteiger partial charge in [-0.15, -0.1) is 11.6 Å². The highest BCUT2D eigenvalue weighted by Gasteiger charge is 2.43. The number of hydrogen-bond donors (Lipinski definition) is 0. The molecule has 1 aromatic carbocycles. The van der Waals surface area contributed by atoms with Gasteiger partial charge in [-0.1, -0.05) is 13.0 Å². The molecule has 108 valence electrons. The van der Waals surface area contributed by atoms with Crippen LogP contribution >= 0.6 is 11.6 Å². The maximum atomic E-state index is 8.83. The molecule has 1 aliphatic rings. The summed E-state index contributed by atoms with van der Waals surface area (Å²) in [6, 6.07) is 8.00. The highest BCUT2D eigenvalue weighted by atomic mass is 35.5. The van der Waals surface area contributed by atoms with Gasteiger partial charge in [0.05, 0.1) is 25.2 Å². The molecular weight excluding hydrogens is 274 g/mol. The lowest BCUT2D eigenvalue weighted by molar-refractivity contribution is 0.233. The Hall–Kier alpha value is -1.40. The molecule has 0 spiro atoms. The van der Waals surface area contributed by atoms with Gasteiger partial charge < -0.3 is 9.47 Å². The molecule has 0 aliphatic heterocycles. The van der Waals surface area contributed by atoms with Gasteiger partial charge in [-0.3, -0.25) is 0 Å². The third-order valence-electron chi connectivity index (χ3n) is 3.60. The Morgan fingerprint density at radius 3 is 2.75 bits per heavy atom. The van der Waals surface area contributed by atoms with E-state index in [1.54, 1.807) is 0 Å². The Morgan fingerprint density at radius 2 is 2.15 bits per heavy atom. The lowest BCUT2D eigenvalue weighted by Gasteiger charge is -2.16. The van der Waals surface area contributed by atoms with Crippen molar-refractivity contribution in [3.05, 3.63) is 23.8 Å². The molecular formula is C16H20ClNO2. The van der Waals surface area contributed by atoms with Gasteiger partial charge in [-0.05, 0) is 25.3 Å². The van der Waals surface area contributed by atoms with Crippen LogP contribution in [-0.4, -0.2) is 13.2 Å². The van der Waals surface area contributed by atoms with Gasteiger partial charge >= 0.3 is 0 Å². The van der Waals surface area contributed by atoms with Crippen LogP contribution in [0.5, 0.6) is 11.5 Å². The van der Waals surface area contributed by atoms with Crippen LogP contribution in [-0.2, 0) is 5.88 Å². The maximum Gasteiger partial charge on any atom is 0.127 e. The molecule has 4 heteroatoms. The molecule has 1 fully saturated rings. The molecule has 0 radical (unpaired) electrons. The monoisotopic (exact) mass is 293 g/mol. The topological polar surface area (TPSA) is 42.2 Å². The summed E-state index contributed by atoms with van der Waals surface area (Å²) < 4.78 is 11.5. The first kappa shape index (κ1) is 15.0. The average molecular weight is 294 g/mol. The van der Waals surface area contributed by atoms with Gasteiger partial charge in [0.2, 0.25) is 0 Å². The van der Waals surface area contributed by atoms with E-state index in [1.165, 1.54) is 0 Å². The molecule has 1 aliphatic carbocycles. The predicted molar refractivity (Wildman–Crippen MR) is 79.2 cm³/mol. The van der Waals surface area contributed by atoms with Gasteiger partial charge in [-0.2, -0.15) is 5.26 Å². The van der Waals surface area contributed by atoms with E-state index in [4.69, 9.17) is 26.3 Å². The zero-order valence-electron chi connectivity index (χ0n) is 11.8. The largest absolute Gasteiger partial charge is 0.493 e. The SMILES string of the molecule is CCCOc1ccc(CCl)c(OCC2(CC#N)CC2)c1. The minimum absolute atomic E-state index is 0.0681. The Labute approximate surface area is 125 Å². The Morgan fingerprint density at radius 1 is 1.35 bits per heavy atom. The zero-order valence-corrected chi connectivity index (χ0v) is 12.6. The van der Waals surface area contributed by atoms with Crippen LogP contribution in [0.2, 0.25) is 0 Å². The van der Waals surface area contributed by atoms with E-state index in [-0.39, 0.29) is 5.41 Å². The number of rotatable bonds is 8. The van der Waals surface area contributed by atoms with E-state index in [9.17, 15) is 0 Å². The van der Waals surface area contributed by atoms with Gasteiger partial charge in [0.15, 0.2) is 0 Å². The second kappa shape index (κ2) is 6.85. The minimum Gasteiger partial charge on any atom is -0.493 e. The van der Waals surface area contributed by atoms with Crippen LogP contribution in [0.3, 0.4) is 0 Å². The third-order valence-corrected chi connectivity index (χ3v) is 3.89. The van der Waals surface area contributed by atoms with Gasteiger partial charge in [0.1, 0.15) is 11.5 Å². The van der Waals surface area contributed by atoms with E-state index in [2.05, 4.69) is 13.0 Å². The van der Waals surface area contributed by atoms with Crippen molar-refractivity contribution in [1.82, 2.24) is 0 Å². The Balaban J connectivity index is 2.03. The van der Waals surface area contributed by atoms with Crippen molar-refractivity contribution in [1.29, 1.82) is 5.26 Å². The average Bonchev–Trinajstić information content (AvgIpc) is 3.23. The summed E-state index contributed by atoms with van der Waals surface area (Å²) in [5, 5.41) is 8.83. The highest BCUT2D eigenvalue weighted by molar-refractivity contribution is 6.17. The fraction of sp³-hybridized carbons (Fsp3) is 0.562. The molecule has 2 rings (SSSR count). The fourth-order valence-corrected chi connectivity index (χ4v) is 2.26. The van der Waals surface area contributed by atoms with Crippen LogP contribution in [0.4, 0.5) is 0 Å². The molecule has 0 heterocycles. The predicted octanol–water partition coefficient (Wildman–Crippen LogP) is 4.29. The van der Waals surface area contributed by atoms with Crippen LogP contribution in [0.25, 0.3) is 0 Å². The molecule has 3 nitrogen and oxygen atoms in total. The quantitative estimate of drug-likeness (QED) is 0.672. The summed E-state index contributed by atoms with van der Waals surface area (Å²) in [5.74, 6) is 1.99. The first-order chi connectivity index (χ1) is 9.73. The summed E-state index contributed by atoms with van der Waals surface area (Å²) >= 11 is 5.94. The second-order valence-corrected chi connectivity index (χ2v) is 5.64. The summed E-state index contributed by atoms with van der Waals surface area (Å²) in [4.78, 5) is 0. The van der Waals surface area contributed by atoms with Crippen molar-refractivity contribution in [2.45, 2.75) is 38.5 Å². The number of ether oxygens (including phenoxy) is 2. The van der Waals surface area contributed by atoms with Crippen molar-refractivity contribution < 1.29 is 9.47 Å². The summed E-state index contributed by atoms with van der Waals surface area (Å²) in [5.41, 5.74) is 1.03. The van der Waals surface area contributed by atoms with Gasteiger partial charge in [0, 0.05) is 23.5 Å². The number of alkyl halides is 1. The van der Waals surface area contributed by atoms with E-state index in [1.807, 2.05) is 18.2 Å². The van der Waals surface area contributed by atoms with Crippen molar-refractivity contribution in [3.63, 3.8) is 0 Å². The zero-order chi connectivity index (χ0) is 14.4. The number of halogens is 1. The maximum absolute atomic E-state index is 8.83. The standard InChI is InChI=1S/C16H20ClNO2/c1-2-9-19-14-4-3-13(11-17)15(10-14)20-12-16(5-6-16)7-8-18/h3-4,10H,2,5-7,9,11-12H2,1H3. The van der Waals surface area contributed by atoms with Crippen LogP contribution in [0, 0.1) is 16.7 Å². The molecule has 0 aromatic heterocycles. The Bertz CT molecular complexity index is 492. The van der Waals surface area contributed by atoms with E-state index < -0.39 is 0 Å². The van der Waals surface area contributed by atoms with Crippen LogP contribution in [0.1, 0.15) is 38.2 Å². The van der Waals surface area contributed by atoms with Crippen LogP contribution < -0.4 is 9.47 Å². The van der Waals surface area contributed by atoms with Gasteiger partial charge in [0.25, 0.3) is 0 Å². The summed E-state index contributed by atoms with van der Waals surface area (Å²) in [6.45, 7) is 3.35. The minimum atomic E-state index is 0.0681. The first-order valence-corrected chi connectivity index (χ1v) is 7.58. The first-order valence-electron chi connectivity index (χ1n) is 7.04. The molecule has 0 bridgehead atoms. The van der Waals surface area contributed by atoms with E-state index >= 15 is 0 Å². The lowest BCUT2D eigenvalue weighted by atomic mass is 10.1. The second-order valence-electron chi connectivity index (χ2n) is 5.38. The van der Waals surface area contributed by atoms with Crippen LogP contribution in [0.15, 0.2) is 18.2 Å². The van der Waals surface area contributed by atoms with Crippen molar-refractivity contribution >= 4 is 11.6 Å². The van der Waals surface area contributed by atoms with E-state index in [0.29, 0.717) is 25.5 Å². The molecule has 1 saturated carbocycles. The number of benzene rings is 1. The van der Waals surface area contributed by atoms with Crippen molar-refractivity contribution in [2.24, 2.45) is 5.41 Å².